The summed E-state index contributed by atoms with van der Waals surface area (Å²) in [6, 6.07) is 13.8. The molecule has 0 amide bonds. The molecule has 16 heavy (non-hydrogen) atoms. The van der Waals surface area contributed by atoms with Gasteiger partial charge < -0.3 is 0 Å². The van der Waals surface area contributed by atoms with Gasteiger partial charge in [-0.15, -0.1) is 5.10 Å². The van der Waals surface area contributed by atoms with Gasteiger partial charge in [0.1, 0.15) is 0 Å². The van der Waals surface area contributed by atoms with Crippen molar-refractivity contribution in [3.05, 3.63) is 53.1 Å². The zero-order valence-electron chi connectivity index (χ0n) is 8.34. The van der Waals surface area contributed by atoms with Crippen LogP contribution in [0.2, 0.25) is 0 Å². The van der Waals surface area contributed by atoms with Gasteiger partial charge in [0.25, 0.3) is 0 Å². The Bertz CT molecular complexity index is 631. The van der Waals surface area contributed by atoms with E-state index in [0.29, 0.717) is 0 Å². The lowest BCUT2D eigenvalue weighted by molar-refractivity contribution is 0.961. The first-order valence-corrected chi connectivity index (χ1v) is 5.69. The molecule has 0 N–H and O–H groups in total. The lowest BCUT2D eigenvalue weighted by atomic mass is 10.2. The van der Waals surface area contributed by atoms with Gasteiger partial charge in [-0.2, -0.15) is 0 Å². The smallest absolute Gasteiger partial charge is 0.182 e. The molecule has 3 nitrogen and oxygen atoms in total. The fourth-order valence-electron chi connectivity index (χ4n) is 1.57. The molecule has 0 spiro atoms. The van der Waals surface area contributed by atoms with Crippen LogP contribution in [0.4, 0.5) is 0 Å². The quantitative estimate of drug-likeness (QED) is 0.682. The van der Waals surface area contributed by atoms with Crippen LogP contribution in [0.3, 0.4) is 0 Å². The van der Waals surface area contributed by atoms with Crippen molar-refractivity contribution in [1.29, 1.82) is 0 Å². The summed E-state index contributed by atoms with van der Waals surface area (Å²) in [5, 5.41) is 4.42. The SMILES string of the molecule is Brc1ccc2nc(-c3ccccc3)nn2c1. The second kappa shape index (κ2) is 3.72. The van der Waals surface area contributed by atoms with Crippen LogP contribution < -0.4 is 0 Å². The predicted molar refractivity (Wildman–Crippen MR) is 66.1 cm³/mol. The van der Waals surface area contributed by atoms with Gasteiger partial charge in [0, 0.05) is 16.2 Å². The van der Waals surface area contributed by atoms with Crippen LogP contribution >= 0.6 is 15.9 Å². The van der Waals surface area contributed by atoms with Crippen molar-refractivity contribution in [3.8, 4) is 11.4 Å². The molecule has 78 valence electrons. The first-order chi connectivity index (χ1) is 7.83. The Balaban J connectivity index is 2.19. The zero-order chi connectivity index (χ0) is 11.0. The summed E-state index contributed by atoms with van der Waals surface area (Å²) < 4.78 is 2.76. The molecule has 0 aliphatic carbocycles. The molecule has 0 saturated heterocycles. The highest BCUT2D eigenvalue weighted by Crippen LogP contribution is 2.17. The van der Waals surface area contributed by atoms with Gasteiger partial charge in [-0.25, -0.2) is 9.50 Å². The molecule has 4 heteroatoms. The molecule has 0 aliphatic rings. The lowest BCUT2D eigenvalue weighted by Crippen LogP contribution is -1.86. The molecule has 0 saturated carbocycles. The Kier molecular flexibility index (Phi) is 2.22. The largest absolute Gasteiger partial charge is 0.219 e. The van der Waals surface area contributed by atoms with Crippen molar-refractivity contribution in [1.82, 2.24) is 14.6 Å². The van der Waals surface area contributed by atoms with E-state index in [4.69, 9.17) is 0 Å². The van der Waals surface area contributed by atoms with E-state index < -0.39 is 0 Å². The van der Waals surface area contributed by atoms with Gasteiger partial charge in [0.05, 0.1) is 0 Å². The highest BCUT2D eigenvalue weighted by Gasteiger charge is 2.05. The molecule has 1 aromatic carbocycles. The van der Waals surface area contributed by atoms with Gasteiger partial charge in [-0.05, 0) is 28.1 Å². The maximum Gasteiger partial charge on any atom is 0.182 e. The topological polar surface area (TPSA) is 30.2 Å². The van der Waals surface area contributed by atoms with Crippen molar-refractivity contribution >= 4 is 21.6 Å². The molecule has 0 bridgehead atoms. The Morgan fingerprint density at radius 1 is 1.00 bits per heavy atom. The van der Waals surface area contributed by atoms with Gasteiger partial charge in [0.15, 0.2) is 11.5 Å². The predicted octanol–water partition coefficient (Wildman–Crippen LogP) is 3.16. The average Bonchev–Trinajstić information content (AvgIpc) is 2.73. The molecule has 3 rings (SSSR count). The first kappa shape index (κ1) is 9.54. The van der Waals surface area contributed by atoms with E-state index in [2.05, 4.69) is 26.0 Å². The van der Waals surface area contributed by atoms with Crippen LogP contribution in [0.1, 0.15) is 0 Å². The maximum absolute atomic E-state index is 4.46. The molecule has 0 radical (unpaired) electrons. The Hall–Kier alpha value is -1.68. The van der Waals surface area contributed by atoms with Crippen LogP contribution in [0.25, 0.3) is 17.0 Å². The zero-order valence-corrected chi connectivity index (χ0v) is 9.92. The summed E-state index contributed by atoms with van der Waals surface area (Å²) in [7, 11) is 0. The second-order valence-electron chi connectivity index (χ2n) is 3.45. The minimum absolute atomic E-state index is 0.749. The molecule has 3 aromatic rings. The summed E-state index contributed by atoms with van der Waals surface area (Å²) in [5.41, 5.74) is 1.88. The first-order valence-electron chi connectivity index (χ1n) is 4.90. The van der Waals surface area contributed by atoms with Gasteiger partial charge in [0.2, 0.25) is 0 Å². The van der Waals surface area contributed by atoms with Crippen molar-refractivity contribution in [2.45, 2.75) is 0 Å². The third kappa shape index (κ3) is 1.61. The fraction of sp³-hybridized carbons (Fsp3) is 0. The molecular weight excluding hydrogens is 266 g/mol. The Morgan fingerprint density at radius 3 is 2.62 bits per heavy atom. The van der Waals surface area contributed by atoms with E-state index in [1.807, 2.05) is 48.7 Å². The van der Waals surface area contributed by atoms with Gasteiger partial charge in [-0.3, -0.25) is 0 Å². The summed E-state index contributed by atoms with van der Waals surface area (Å²) in [6.07, 6.45) is 1.90. The third-order valence-electron chi connectivity index (χ3n) is 2.33. The van der Waals surface area contributed by atoms with E-state index in [-0.39, 0.29) is 0 Å². The fourth-order valence-corrected chi connectivity index (χ4v) is 1.89. The summed E-state index contributed by atoms with van der Waals surface area (Å²) in [6.45, 7) is 0. The Morgan fingerprint density at radius 2 is 1.81 bits per heavy atom. The number of aromatic nitrogens is 3. The van der Waals surface area contributed by atoms with E-state index in [1.165, 1.54) is 0 Å². The van der Waals surface area contributed by atoms with Crippen LogP contribution in [-0.4, -0.2) is 14.6 Å². The minimum atomic E-state index is 0.749. The van der Waals surface area contributed by atoms with Gasteiger partial charge >= 0.3 is 0 Å². The molecular formula is C12H8BrN3. The minimum Gasteiger partial charge on any atom is -0.219 e. The molecule has 0 aliphatic heterocycles. The van der Waals surface area contributed by atoms with E-state index >= 15 is 0 Å². The van der Waals surface area contributed by atoms with Crippen molar-refractivity contribution in [3.63, 3.8) is 0 Å². The number of halogens is 1. The molecule has 0 unspecified atom stereocenters. The maximum atomic E-state index is 4.46. The number of fused-ring (bicyclic) bond motifs is 1. The van der Waals surface area contributed by atoms with Gasteiger partial charge in [-0.1, -0.05) is 30.3 Å². The van der Waals surface area contributed by atoms with E-state index in [1.54, 1.807) is 4.52 Å². The standard InChI is InChI=1S/C12H8BrN3/c13-10-6-7-11-14-12(15-16(11)8-10)9-4-2-1-3-5-9/h1-8H. The summed E-state index contributed by atoms with van der Waals surface area (Å²) >= 11 is 3.41. The normalized spacial score (nSPS) is 10.8. The van der Waals surface area contributed by atoms with Crippen molar-refractivity contribution in [2.24, 2.45) is 0 Å². The average molecular weight is 274 g/mol. The second-order valence-corrected chi connectivity index (χ2v) is 4.37. The van der Waals surface area contributed by atoms with Crippen molar-refractivity contribution < 1.29 is 0 Å². The molecule has 0 fully saturated rings. The van der Waals surface area contributed by atoms with E-state index in [0.717, 1.165) is 21.5 Å². The number of hydrogen-bond acceptors (Lipinski definition) is 2. The van der Waals surface area contributed by atoms with Crippen LogP contribution in [0.5, 0.6) is 0 Å². The highest BCUT2D eigenvalue weighted by atomic mass is 79.9. The van der Waals surface area contributed by atoms with Crippen LogP contribution in [0, 0.1) is 0 Å². The van der Waals surface area contributed by atoms with Crippen molar-refractivity contribution in [2.75, 3.05) is 0 Å². The van der Waals surface area contributed by atoms with Crippen LogP contribution in [-0.2, 0) is 0 Å². The number of nitrogens with zero attached hydrogens (tertiary/aromatic N) is 3. The molecule has 0 atom stereocenters. The summed E-state index contributed by atoms with van der Waals surface area (Å²) in [4.78, 5) is 4.46. The third-order valence-corrected chi connectivity index (χ3v) is 2.80. The lowest BCUT2D eigenvalue weighted by Gasteiger charge is -1.91. The highest BCUT2D eigenvalue weighted by molar-refractivity contribution is 9.10. The monoisotopic (exact) mass is 273 g/mol. The molecule has 2 aromatic heterocycles. The van der Waals surface area contributed by atoms with E-state index in [9.17, 15) is 0 Å². The number of pyridine rings is 1. The molecule has 2 heterocycles. The number of hydrogen-bond donors (Lipinski definition) is 0. The number of benzene rings is 1. The Labute approximate surface area is 101 Å². The van der Waals surface area contributed by atoms with Crippen LogP contribution in [0.15, 0.2) is 53.1 Å². The summed E-state index contributed by atoms with van der Waals surface area (Å²) in [5.74, 6) is 0.749. The number of rotatable bonds is 1.